The minimum absolute atomic E-state index is 0.149. The van der Waals surface area contributed by atoms with Crippen molar-refractivity contribution in [2.75, 3.05) is 11.4 Å². The van der Waals surface area contributed by atoms with Crippen molar-refractivity contribution in [2.24, 2.45) is 5.73 Å². The largest absolute Gasteiger partial charge is 0.341 e. The summed E-state index contributed by atoms with van der Waals surface area (Å²) in [6.07, 6.45) is 4.68. The van der Waals surface area contributed by atoms with Crippen molar-refractivity contribution in [1.82, 2.24) is 0 Å². The number of aryl methyl sites for hydroxylation is 1. The zero-order chi connectivity index (χ0) is 14.7. The molecule has 0 saturated carbocycles. The van der Waals surface area contributed by atoms with Gasteiger partial charge in [-0.2, -0.15) is 0 Å². The van der Waals surface area contributed by atoms with Gasteiger partial charge in [0.25, 0.3) is 0 Å². The summed E-state index contributed by atoms with van der Waals surface area (Å²) < 4.78 is 0. The third-order valence-corrected chi connectivity index (χ3v) is 4.43. The van der Waals surface area contributed by atoms with E-state index in [0.717, 1.165) is 13.0 Å². The quantitative estimate of drug-likeness (QED) is 0.892. The van der Waals surface area contributed by atoms with E-state index in [1.807, 2.05) is 0 Å². The van der Waals surface area contributed by atoms with Gasteiger partial charge in [-0.05, 0) is 55.0 Å². The molecule has 2 heteroatoms. The number of hydrogen-bond donors (Lipinski definition) is 1. The van der Waals surface area contributed by atoms with Gasteiger partial charge in [-0.25, -0.2) is 0 Å². The van der Waals surface area contributed by atoms with Crippen LogP contribution in [0.4, 0.5) is 11.4 Å². The topological polar surface area (TPSA) is 29.3 Å². The molecule has 1 aliphatic heterocycles. The molecule has 0 radical (unpaired) electrons. The minimum Gasteiger partial charge on any atom is -0.341 e. The van der Waals surface area contributed by atoms with E-state index in [9.17, 15) is 0 Å². The van der Waals surface area contributed by atoms with E-state index in [4.69, 9.17) is 5.73 Å². The molecule has 1 atom stereocenters. The highest BCUT2D eigenvalue weighted by atomic mass is 15.1. The molecule has 0 unspecified atom stereocenters. The van der Waals surface area contributed by atoms with E-state index in [0.29, 0.717) is 0 Å². The van der Waals surface area contributed by atoms with Gasteiger partial charge in [0, 0.05) is 24.0 Å². The Bertz CT molecular complexity index is 589. The molecule has 0 bridgehead atoms. The maximum Gasteiger partial charge on any atom is 0.0443 e. The van der Waals surface area contributed by atoms with Crippen LogP contribution < -0.4 is 10.6 Å². The number of nitrogens with zero attached hydrogens (tertiary/aromatic N) is 1. The van der Waals surface area contributed by atoms with Crippen LogP contribution in [0, 0.1) is 0 Å². The zero-order valence-corrected chi connectivity index (χ0v) is 12.8. The third-order valence-electron chi connectivity index (χ3n) is 4.43. The van der Waals surface area contributed by atoms with Gasteiger partial charge in [-0.15, -0.1) is 0 Å². The van der Waals surface area contributed by atoms with Gasteiger partial charge in [0.15, 0.2) is 0 Å². The summed E-state index contributed by atoms with van der Waals surface area (Å²) in [7, 11) is 0. The molecule has 0 aromatic heterocycles. The number of para-hydroxylation sites is 1. The molecule has 2 N–H and O–H groups in total. The van der Waals surface area contributed by atoms with Gasteiger partial charge in [-0.1, -0.05) is 37.3 Å². The molecule has 0 aliphatic carbocycles. The van der Waals surface area contributed by atoms with Crippen LogP contribution in [-0.2, 0) is 6.42 Å². The Hall–Kier alpha value is -1.80. The van der Waals surface area contributed by atoms with Crippen LogP contribution in [0.1, 0.15) is 43.4 Å². The van der Waals surface area contributed by atoms with Crippen molar-refractivity contribution in [1.29, 1.82) is 0 Å². The highest BCUT2D eigenvalue weighted by Crippen LogP contribution is 2.33. The third kappa shape index (κ3) is 2.96. The molecule has 2 aromatic rings. The van der Waals surface area contributed by atoms with E-state index in [2.05, 4.69) is 60.4 Å². The lowest BCUT2D eigenvalue weighted by molar-refractivity contribution is 0.698. The summed E-state index contributed by atoms with van der Waals surface area (Å²) in [5, 5.41) is 0. The Labute approximate surface area is 127 Å². The maximum atomic E-state index is 6.11. The predicted molar refractivity (Wildman–Crippen MR) is 90.0 cm³/mol. The summed E-state index contributed by atoms with van der Waals surface area (Å²) in [6, 6.07) is 17.7. The molecule has 1 heterocycles. The molecule has 110 valence electrons. The molecule has 0 amide bonds. The number of rotatable bonds is 3. The van der Waals surface area contributed by atoms with Crippen LogP contribution in [0.5, 0.6) is 0 Å². The van der Waals surface area contributed by atoms with Crippen molar-refractivity contribution in [3.63, 3.8) is 0 Å². The van der Waals surface area contributed by atoms with E-state index >= 15 is 0 Å². The minimum atomic E-state index is 0.149. The number of benzene rings is 2. The van der Waals surface area contributed by atoms with Gasteiger partial charge >= 0.3 is 0 Å². The van der Waals surface area contributed by atoms with Crippen LogP contribution in [0.3, 0.4) is 0 Å². The second-order valence-corrected chi connectivity index (χ2v) is 5.84. The Morgan fingerprint density at radius 2 is 1.81 bits per heavy atom. The first kappa shape index (κ1) is 14.2. The van der Waals surface area contributed by atoms with Crippen molar-refractivity contribution >= 4 is 11.4 Å². The molecule has 21 heavy (non-hydrogen) atoms. The van der Waals surface area contributed by atoms with Crippen LogP contribution in [0.25, 0.3) is 0 Å². The molecule has 3 rings (SSSR count). The summed E-state index contributed by atoms with van der Waals surface area (Å²) >= 11 is 0. The van der Waals surface area contributed by atoms with Crippen molar-refractivity contribution in [2.45, 2.75) is 38.6 Å². The first-order chi connectivity index (χ1) is 10.3. The number of anilines is 2. The van der Waals surface area contributed by atoms with E-state index < -0.39 is 0 Å². The van der Waals surface area contributed by atoms with E-state index in [1.54, 1.807) is 0 Å². The van der Waals surface area contributed by atoms with E-state index in [1.165, 1.54) is 41.8 Å². The van der Waals surface area contributed by atoms with Gasteiger partial charge in [0.2, 0.25) is 0 Å². The van der Waals surface area contributed by atoms with Crippen molar-refractivity contribution < 1.29 is 0 Å². The highest BCUT2D eigenvalue weighted by Gasteiger charge is 2.16. The van der Waals surface area contributed by atoms with Gasteiger partial charge < -0.3 is 10.6 Å². The Morgan fingerprint density at radius 3 is 2.57 bits per heavy atom. The molecule has 0 saturated heterocycles. The maximum absolute atomic E-state index is 6.11. The second kappa shape index (κ2) is 6.31. The fraction of sp³-hybridized carbons (Fsp3) is 0.368. The first-order valence-electron chi connectivity index (χ1n) is 8.00. The first-order valence-corrected chi connectivity index (χ1v) is 8.00. The molecule has 2 nitrogen and oxygen atoms in total. The smallest absolute Gasteiger partial charge is 0.0443 e. The highest BCUT2D eigenvalue weighted by molar-refractivity contribution is 5.67. The molecule has 0 spiro atoms. The zero-order valence-electron chi connectivity index (χ0n) is 12.8. The molecule has 2 aromatic carbocycles. The Kier molecular flexibility index (Phi) is 4.26. The van der Waals surface area contributed by atoms with Crippen LogP contribution in [-0.4, -0.2) is 6.54 Å². The average molecular weight is 280 g/mol. The second-order valence-electron chi connectivity index (χ2n) is 5.84. The molecular formula is C19H24N2. The SMILES string of the molecule is CC[C@@H](N)c1ccc(N2CCCCc3ccccc32)cc1. The monoisotopic (exact) mass is 280 g/mol. The van der Waals surface area contributed by atoms with Crippen LogP contribution in [0.2, 0.25) is 0 Å². The van der Waals surface area contributed by atoms with Gasteiger partial charge in [-0.3, -0.25) is 0 Å². The summed E-state index contributed by atoms with van der Waals surface area (Å²) in [5.74, 6) is 0. The van der Waals surface area contributed by atoms with Gasteiger partial charge in [0.1, 0.15) is 0 Å². The number of hydrogen-bond acceptors (Lipinski definition) is 2. The number of nitrogens with two attached hydrogens (primary N) is 1. The Morgan fingerprint density at radius 1 is 1.05 bits per heavy atom. The van der Waals surface area contributed by atoms with Crippen LogP contribution in [0.15, 0.2) is 48.5 Å². The lowest BCUT2D eigenvalue weighted by atomic mass is 10.0. The lowest BCUT2D eigenvalue weighted by Crippen LogP contribution is -2.18. The molecule has 1 aliphatic rings. The predicted octanol–water partition coefficient (Wildman–Crippen LogP) is 4.57. The fourth-order valence-electron chi connectivity index (χ4n) is 3.10. The summed E-state index contributed by atoms with van der Waals surface area (Å²) in [5.41, 5.74) is 11.4. The van der Waals surface area contributed by atoms with Crippen molar-refractivity contribution in [3.05, 3.63) is 59.7 Å². The number of fused-ring (bicyclic) bond motifs is 1. The summed E-state index contributed by atoms with van der Waals surface area (Å²) in [4.78, 5) is 2.45. The van der Waals surface area contributed by atoms with Crippen LogP contribution >= 0.6 is 0 Å². The molecule has 0 fully saturated rings. The molecular weight excluding hydrogens is 256 g/mol. The average Bonchev–Trinajstić information content (AvgIpc) is 2.77. The summed E-state index contributed by atoms with van der Waals surface area (Å²) in [6.45, 7) is 3.22. The fourth-order valence-corrected chi connectivity index (χ4v) is 3.10. The van der Waals surface area contributed by atoms with Gasteiger partial charge in [0.05, 0.1) is 0 Å². The normalized spacial score (nSPS) is 16.2. The Balaban J connectivity index is 1.93. The van der Waals surface area contributed by atoms with E-state index in [-0.39, 0.29) is 6.04 Å². The van der Waals surface area contributed by atoms with Crippen molar-refractivity contribution in [3.8, 4) is 0 Å². The lowest BCUT2D eigenvalue weighted by Gasteiger charge is -2.25. The standard InChI is InChI=1S/C19H24N2/c1-2-18(20)15-10-12-17(13-11-15)21-14-6-5-8-16-7-3-4-9-19(16)21/h3-4,7,9-13,18H,2,5-6,8,14,20H2,1H3/t18-/m1/s1.